The van der Waals surface area contributed by atoms with Crippen molar-refractivity contribution in [3.8, 4) is 17.2 Å². The molecular weight excluding hydrogens is 255 g/mol. The van der Waals surface area contributed by atoms with Gasteiger partial charge in [-0.1, -0.05) is 12.1 Å². The van der Waals surface area contributed by atoms with Gasteiger partial charge in [0.1, 0.15) is 11.5 Å². The first-order valence-electron chi connectivity index (χ1n) is 5.39. The standard InChI is InChI=1S/C14H12ClFO2/c1-17-11-3-2-4-12(8-11)18-14-6-5-10(9-15)7-13(14)16/h2-8H,9H2,1H3. The third kappa shape index (κ3) is 2.93. The summed E-state index contributed by atoms with van der Waals surface area (Å²) in [7, 11) is 1.56. The zero-order chi connectivity index (χ0) is 13.0. The molecule has 0 aliphatic carbocycles. The fourth-order valence-electron chi connectivity index (χ4n) is 1.50. The minimum absolute atomic E-state index is 0.164. The first kappa shape index (κ1) is 12.7. The molecule has 18 heavy (non-hydrogen) atoms. The maximum atomic E-state index is 13.7. The van der Waals surface area contributed by atoms with Gasteiger partial charge in [0.05, 0.1) is 7.11 Å². The Morgan fingerprint density at radius 1 is 1.11 bits per heavy atom. The van der Waals surface area contributed by atoms with Gasteiger partial charge in [0, 0.05) is 11.9 Å². The maximum absolute atomic E-state index is 13.7. The zero-order valence-corrected chi connectivity index (χ0v) is 10.6. The number of halogens is 2. The van der Waals surface area contributed by atoms with E-state index in [4.69, 9.17) is 21.1 Å². The van der Waals surface area contributed by atoms with Crippen molar-refractivity contribution in [2.24, 2.45) is 0 Å². The molecule has 0 bridgehead atoms. The average molecular weight is 267 g/mol. The Morgan fingerprint density at radius 2 is 1.89 bits per heavy atom. The van der Waals surface area contributed by atoms with E-state index in [2.05, 4.69) is 0 Å². The quantitative estimate of drug-likeness (QED) is 0.765. The number of benzene rings is 2. The van der Waals surface area contributed by atoms with Crippen molar-refractivity contribution in [2.45, 2.75) is 5.88 Å². The molecule has 0 heterocycles. The lowest BCUT2D eigenvalue weighted by molar-refractivity contribution is 0.405. The van der Waals surface area contributed by atoms with Crippen LogP contribution in [0.2, 0.25) is 0 Å². The summed E-state index contributed by atoms with van der Waals surface area (Å²) in [4.78, 5) is 0. The van der Waals surface area contributed by atoms with Crippen LogP contribution >= 0.6 is 11.6 Å². The van der Waals surface area contributed by atoms with Gasteiger partial charge in [0.2, 0.25) is 0 Å². The van der Waals surface area contributed by atoms with Crippen LogP contribution < -0.4 is 9.47 Å². The van der Waals surface area contributed by atoms with Crippen molar-refractivity contribution in [1.29, 1.82) is 0 Å². The van der Waals surface area contributed by atoms with Crippen LogP contribution in [0.4, 0.5) is 4.39 Å². The van der Waals surface area contributed by atoms with Crippen molar-refractivity contribution >= 4 is 11.6 Å². The molecule has 2 aromatic carbocycles. The number of alkyl halides is 1. The smallest absolute Gasteiger partial charge is 0.166 e. The van der Waals surface area contributed by atoms with Crippen molar-refractivity contribution in [3.05, 3.63) is 53.8 Å². The topological polar surface area (TPSA) is 18.5 Å². The Bertz CT molecular complexity index is 543. The Labute approximate surface area is 110 Å². The van der Waals surface area contributed by atoms with E-state index in [9.17, 15) is 4.39 Å². The van der Waals surface area contributed by atoms with Crippen LogP contribution in [-0.4, -0.2) is 7.11 Å². The lowest BCUT2D eigenvalue weighted by Gasteiger charge is -2.08. The number of hydrogen-bond donors (Lipinski definition) is 0. The van der Waals surface area contributed by atoms with Crippen LogP contribution in [0.1, 0.15) is 5.56 Å². The molecule has 94 valence electrons. The molecule has 0 saturated carbocycles. The van der Waals surface area contributed by atoms with E-state index in [0.717, 1.165) is 0 Å². The highest BCUT2D eigenvalue weighted by Crippen LogP contribution is 2.27. The molecule has 0 N–H and O–H groups in total. The third-order valence-corrected chi connectivity index (χ3v) is 2.73. The van der Waals surface area contributed by atoms with Crippen LogP contribution in [0.3, 0.4) is 0 Å². The fraction of sp³-hybridized carbons (Fsp3) is 0.143. The minimum atomic E-state index is -0.434. The Balaban J connectivity index is 2.22. The molecule has 0 atom stereocenters. The van der Waals surface area contributed by atoms with Gasteiger partial charge in [-0.2, -0.15) is 0 Å². The summed E-state index contributed by atoms with van der Waals surface area (Å²) in [6.07, 6.45) is 0. The molecule has 2 rings (SSSR count). The molecule has 0 radical (unpaired) electrons. The van der Waals surface area contributed by atoms with Gasteiger partial charge in [0.15, 0.2) is 11.6 Å². The highest BCUT2D eigenvalue weighted by atomic mass is 35.5. The van der Waals surface area contributed by atoms with Crippen molar-refractivity contribution < 1.29 is 13.9 Å². The van der Waals surface area contributed by atoms with Gasteiger partial charge >= 0.3 is 0 Å². The summed E-state index contributed by atoms with van der Waals surface area (Å²) < 4.78 is 24.2. The van der Waals surface area contributed by atoms with E-state index >= 15 is 0 Å². The molecule has 0 saturated heterocycles. The third-order valence-electron chi connectivity index (χ3n) is 2.42. The molecule has 0 spiro atoms. The monoisotopic (exact) mass is 266 g/mol. The SMILES string of the molecule is COc1cccc(Oc2ccc(CCl)cc2F)c1. The molecular formula is C14H12ClFO2. The number of methoxy groups -OCH3 is 1. The van der Waals surface area contributed by atoms with Crippen molar-refractivity contribution in [3.63, 3.8) is 0 Å². The van der Waals surface area contributed by atoms with Gasteiger partial charge in [-0.25, -0.2) is 4.39 Å². The second kappa shape index (κ2) is 5.74. The lowest BCUT2D eigenvalue weighted by atomic mass is 10.2. The van der Waals surface area contributed by atoms with Crippen LogP contribution in [0.15, 0.2) is 42.5 Å². The van der Waals surface area contributed by atoms with Crippen LogP contribution in [0.5, 0.6) is 17.2 Å². The molecule has 2 nitrogen and oxygen atoms in total. The molecule has 0 unspecified atom stereocenters. The van der Waals surface area contributed by atoms with Gasteiger partial charge in [-0.15, -0.1) is 11.6 Å². The van der Waals surface area contributed by atoms with E-state index in [1.165, 1.54) is 6.07 Å². The van der Waals surface area contributed by atoms with E-state index in [1.54, 1.807) is 43.5 Å². The normalized spacial score (nSPS) is 10.2. The van der Waals surface area contributed by atoms with Crippen molar-refractivity contribution in [1.82, 2.24) is 0 Å². The molecule has 0 amide bonds. The van der Waals surface area contributed by atoms with Gasteiger partial charge in [-0.05, 0) is 29.8 Å². The average Bonchev–Trinajstić information content (AvgIpc) is 2.41. The summed E-state index contributed by atoms with van der Waals surface area (Å²) in [5, 5.41) is 0. The van der Waals surface area contributed by atoms with Crippen LogP contribution in [-0.2, 0) is 5.88 Å². The van der Waals surface area contributed by atoms with E-state index in [0.29, 0.717) is 17.1 Å². The first-order chi connectivity index (χ1) is 8.72. The predicted octanol–water partition coefficient (Wildman–Crippen LogP) is 4.37. The van der Waals surface area contributed by atoms with Gasteiger partial charge in [-0.3, -0.25) is 0 Å². The second-order valence-corrected chi connectivity index (χ2v) is 3.95. The summed E-state index contributed by atoms with van der Waals surface area (Å²) in [5.74, 6) is 1.18. The van der Waals surface area contributed by atoms with Gasteiger partial charge in [0.25, 0.3) is 0 Å². The number of ether oxygens (including phenoxy) is 2. The predicted molar refractivity (Wildman–Crippen MR) is 69.0 cm³/mol. The molecule has 2 aromatic rings. The molecule has 4 heteroatoms. The van der Waals surface area contributed by atoms with Gasteiger partial charge < -0.3 is 9.47 Å². The zero-order valence-electron chi connectivity index (χ0n) is 9.82. The first-order valence-corrected chi connectivity index (χ1v) is 5.92. The summed E-state index contributed by atoms with van der Waals surface area (Å²) >= 11 is 5.63. The summed E-state index contributed by atoms with van der Waals surface area (Å²) in [6.45, 7) is 0. The lowest BCUT2D eigenvalue weighted by Crippen LogP contribution is -1.91. The molecule has 0 aliphatic heterocycles. The van der Waals surface area contributed by atoms with E-state index in [1.807, 2.05) is 0 Å². The van der Waals surface area contributed by atoms with E-state index < -0.39 is 5.82 Å². The fourth-order valence-corrected chi connectivity index (χ4v) is 1.67. The van der Waals surface area contributed by atoms with Crippen LogP contribution in [0.25, 0.3) is 0 Å². The summed E-state index contributed by atoms with van der Waals surface area (Å²) in [5.41, 5.74) is 0.715. The number of hydrogen-bond acceptors (Lipinski definition) is 2. The minimum Gasteiger partial charge on any atom is -0.497 e. The largest absolute Gasteiger partial charge is 0.497 e. The summed E-state index contributed by atoms with van der Waals surface area (Å²) in [6, 6.07) is 11.6. The Morgan fingerprint density at radius 3 is 2.56 bits per heavy atom. The van der Waals surface area contributed by atoms with Crippen molar-refractivity contribution in [2.75, 3.05) is 7.11 Å². The Kier molecular flexibility index (Phi) is 4.05. The number of rotatable bonds is 4. The highest BCUT2D eigenvalue weighted by Gasteiger charge is 2.06. The molecule has 0 fully saturated rings. The maximum Gasteiger partial charge on any atom is 0.166 e. The highest BCUT2D eigenvalue weighted by molar-refractivity contribution is 6.17. The Hall–Kier alpha value is -1.74. The van der Waals surface area contributed by atoms with Crippen LogP contribution in [0, 0.1) is 5.82 Å². The second-order valence-electron chi connectivity index (χ2n) is 3.68. The molecule has 0 aromatic heterocycles. The molecule has 0 aliphatic rings. The van der Waals surface area contributed by atoms with E-state index in [-0.39, 0.29) is 11.6 Å².